The second kappa shape index (κ2) is 7.07. The Bertz CT molecular complexity index is 1600. The van der Waals surface area contributed by atoms with Crippen LogP contribution < -0.4 is 0 Å². The van der Waals surface area contributed by atoms with E-state index in [1.807, 2.05) is 85.3 Å². The summed E-state index contributed by atoms with van der Waals surface area (Å²) in [5, 5.41) is 5.57. The van der Waals surface area contributed by atoms with Crippen molar-refractivity contribution in [2.45, 2.75) is 13.8 Å². The van der Waals surface area contributed by atoms with Crippen LogP contribution in [0.1, 0.15) is 32.0 Å². The first-order chi connectivity index (χ1) is 16.0. The molecule has 0 saturated heterocycles. The van der Waals surface area contributed by atoms with Gasteiger partial charge in [0.05, 0.1) is 28.0 Å². The van der Waals surface area contributed by atoms with Gasteiger partial charge < -0.3 is 0 Å². The van der Waals surface area contributed by atoms with E-state index in [1.54, 1.807) is 12.1 Å². The van der Waals surface area contributed by atoms with E-state index < -0.39 is 11.6 Å². The van der Waals surface area contributed by atoms with Crippen LogP contribution in [0, 0.1) is 13.8 Å². The maximum absolute atomic E-state index is 13.5. The molecule has 0 aliphatic heterocycles. The number of para-hydroxylation sites is 1. The van der Waals surface area contributed by atoms with Gasteiger partial charge in [-0.05, 0) is 31.5 Å². The number of Topliss-reactive ketones (excluding diaryl/α,β-unsaturated/α-hetero) is 2. The van der Waals surface area contributed by atoms with Gasteiger partial charge in [-0.1, -0.05) is 72.3 Å². The third kappa shape index (κ3) is 2.79. The van der Waals surface area contributed by atoms with Crippen LogP contribution in [-0.4, -0.2) is 26.3 Å². The summed E-state index contributed by atoms with van der Waals surface area (Å²) in [4.78, 5) is 31.5. The number of nitrogens with zero attached hydrogens (tertiary/aromatic N) is 3. The van der Waals surface area contributed by atoms with Crippen molar-refractivity contribution < 1.29 is 9.59 Å². The van der Waals surface area contributed by atoms with Crippen LogP contribution in [0.4, 0.5) is 0 Å². The number of rotatable bonds is 2. The Labute approximate surface area is 190 Å². The maximum Gasteiger partial charge on any atom is 0.236 e. The van der Waals surface area contributed by atoms with E-state index in [2.05, 4.69) is 0 Å². The molecule has 33 heavy (non-hydrogen) atoms. The van der Waals surface area contributed by atoms with Crippen molar-refractivity contribution in [3.05, 3.63) is 101 Å². The van der Waals surface area contributed by atoms with Crippen LogP contribution >= 0.6 is 0 Å². The molecule has 158 valence electrons. The average molecular weight is 429 g/mol. The van der Waals surface area contributed by atoms with Gasteiger partial charge in [-0.15, -0.1) is 0 Å². The van der Waals surface area contributed by atoms with E-state index in [1.165, 1.54) is 0 Å². The fourth-order valence-electron chi connectivity index (χ4n) is 4.61. The van der Waals surface area contributed by atoms with Crippen molar-refractivity contribution in [1.29, 1.82) is 0 Å². The number of carbonyl (C=O) groups is 2. The molecule has 2 aromatic heterocycles. The molecular formula is C28H19N3O2. The highest BCUT2D eigenvalue weighted by atomic mass is 16.2. The monoisotopic (exact) mass is 429 g/mol. The average Bonchev–Trinajstić information content (AvgIpc) is 3.18. The second-order valence-corrected chi connectivity index (χ2v) is 8.31. The van der Waals surface area contributed by atoms with Gasteiger partial charge in [0, 0.05) is 16.7 Å². The van der Waals surface area contributed by atoms with E-state index in [9.17, 15) is 9.59 Å². The molecule has 0 N–H and O–H groups in total. The van der Waals surface area contributed by atoms with Crippen LogP contribution in [-0.2, 0) is 0 Å². The van der Waals surface area contributed by atoms with Gasteiger partial charge in [0.15, 0.2) is 5.65 Å². The zero-order chi connectivity index (χ0) is 22.7. The molecule has 3 aromatic carbocycles. The normalized spacial score (nSPS) is 12.7. The van der Waals surface area contributed by atoms with Crippen LogP contribution in [0.3, 0.4) is 0 Å². The fourth-order valence-corrected chi connectivity index (χ4v) is 4.61. The fraction of sp³-hybridized carbons (Fsp3) is 0.0714. The Balaban J connectivity index is 1.81. The van der Waals surface area contributed by atoms with E-state index in [0.717, 1.165) is 27.9 Å². The first-order valence-electron chi connectivity index (χ1n) is 10.8. The van der Waals surface area contributed by atoms with Crippen LogP contribution in [0.5, 0.6) is 0 Å². The Morgan fingerprint density at radius 3 is 2.09 bits per heavy atom. The number of pyridine rings is 1. The van der Waals surface area contributed by atoms with E-state index >= 15 is 0 Å². The molecule has 5 aromatic rings. The minimum atomic E-state index is -0.527. The molecule has 1 aliphatic rings. The summed E-state index contributed by atoms with van der Waals surface area (Å²) in [6.45, 7) is 3.93. The topological polar surface area (TPSA) is 64.8 Å². The lowest BCUT2D eigenvalue weighted by atomic mass is 9.82. The lowest BCUT2D eigenvalue weighted by Crippen LogP contribution is -2.23. The maximum atomic E-state index is 13.5. The third-order valence-corrected chi connectivity index (χ3v) is 6.19. The highest BCUT2D eigenvalue weighted by Gasteiger charge is 2.36. The molecule has 6 rings (SSSR count). The van der Waals surface area contributed by atoms with Gasteiger partial charge in [0.25, 0.3) is 0 Å². The number of benzene rings is 3. The summed E-state index contributed by atoms with van der Waals surface area (Å²) in [7, 11) is 0. The quantitative estimate of drug-likeness (QED) is 0.335. The molecule has 5 heteroatoms. The lowest BCUT2D eigenvalue weighted by molar-refractivity contribution is 0.0815. The Morgan fingerprint density at radius 1 is 0.697 bits per heavy atom. The second-order valence-electron chi connectivity index (χ2n) is 8.31. The molecule has 0 bridgehead atoms. The van der Waals surface area contributed by atoms with Crippen molar-refractivity contribution in [2.24, 2.45) is 0 Å². The number of hydrogen-bond donors (Lipinski definition) is 0. The summed E-state index contributed by atoms with van der Waals surface area (Å²) in [6.07, 6.45) is 0. The van der Waals surface area contributed by atoms with Gasteiger partial charge in [0.2, 0.25) is 11.6 Å². The molecule has 0 saturated carbocycles. The molecule has 0 amide bonds. The standard InChI is InChI=1S/C28H19N3O2/c1-16-12-14-18(15-13-16)23-22-17(2)30-31(19-8-4-3-5-9-19)28(22)29-25-20-10-6-7-11-21(20)26(32)27(33)24(23)25/h3-15H,1-2H3. The highest BCUT2D eigenvalue weighted by molar-refractivity contribution is 6.54. The Morgan fingerprint density at radius 2 is 1.36 bits per heavy atom. The molecule has 2 heterocycles. The lowest BCUT2D eigenvalue weighted by Gasteiger charge is -2.21. The van der Waals surface area contributed by atoms with Crippen LogP contribution in [0.2, 0.25) is 0 Å². The van der Waals surface area contributed by atoms with E-state index in [0.29, 0.717) is 33.6 Å². The van der Waals surface area contributed by atoms with Gasteiger partial charge in [0.1, 0.15) is 0 Å². The molecule has 0 unspecified atom stereocenters. The molecular weight excluding hydrogens is 410 g/mol. The summed E-state index contributed by atoms with van der Waals surface area (Å²) < 4.78 is 1.81. The summed E-state index contributed by atoms with van der Waals surface area (Å²) in [6, 6.07) is 25.0. The first kappa shape index (κ1) is 19.3. The molecule has 5 nitrogen and oxygen atoms in total. The molecule has 0 radical (unpaired) electrons. The zero-order valence-electron chi connectivity index (χ0n) is 18.2. The molecule has 0 fully saturated rings. The minimum Gasteiger partial charge on any atom is -0.285 e. The number of aryl methyl sites for hydroxylation is 2. The predicted molar refractivity (Wildman–Crippen MR) is 128 cm³/mol. The zero-order valence-corrected chi connectivity index (χ0v) is 18.2. The van der Waals surface area contributed by atoms with Gasteiger partial charge in [-0.3, -0.25) is 9.59 Å². The number of carbonyl (C=O) groups excluding carboxylic acids is 2. The van der Waals surface area contributed by atoms with Crippen molar-refractivity contribution in [1.82, 2.24) is 14.8 Å². The number of fused-ring (bicyclic) bond motifs is 4. The van der Waals surface area contributed by atoms with Gasteiger partial charge in [-0.25, -0.2) is 9.67 Å². The first-order valence-corrected chi connectivity index (χ1v) is 10.8. The van der Waals surface area contributed by atoms with Crippen LogP contribution in [0.25, 0.3) is 39.1 Å². The van der Waals surface area contributed by atoms with E-state index in [4.69, 9.17) is 10.1 Å². The Kier molecular flexibility index (Phi) is 4.14. The molecule has 0 spiro atoms. The number of aromatic nitrogens is 3. The molecule has 0 atom stereocenters. The molecule has 1 aliphatic carbocycles. The van der Waals surface area contributed by atoms with Crippen molar-refractivity contribution in [2.75, 3.05) is 0 Å². The summed E-state index contributed by atoms with van der Waals surface area (Å²) in [5.41, 5.74) is 6.91. The summed E-state index contributed by atoms with van der Waals surface area (Å²) in [5.74, 6) is -1.03. The number of ketones is 2. The van der Waals surface area contributed by atoms with E-state index in [-0.39, 0.29) is 0 Å². The van der Waals surface area contributed by atoms with Gasteiger partial charge >= 0.3 is 0 Å². The highest BCUT2D eigenvalue weighted by Crippen LogP contribution is 2.42. The SMILES string of the molecule is Cc1ccc(-c2c3c(nc4c2c(C)nn4-c2ccccc2)-c2ccccc2C(=O)C3=O)cc1. The predicted octanol–water partition coefficient (Wildman–Crippen LogP) is 5.75. The third-order valence-electron chi connectivity index (χ3n) is 6.19. The van der Waals surface area contributed by atoms with Crippen LogP contribution in [0.15, 0.2) is 78.9 Å². The smallest absolute Gasteiger partial charge is 0.236 e. The summed E-state index contributed by atoms with van der Waals surface area (Å²) >= 11 is 0. The largest absolute Gasteiger partial charge is 0.285 e. The minimum absolute atomic E-state index is 0.353. The van der Waals surface area contributed by atoms with Crippen molar-refractivity contribution in [3.63, 3.8) is 0 Å². The Hall–Kier alpha value is -4.38. The van der Waals surface area contributed by atoms with Crippen molar-refractivity contribution >= 4 is 22.6 Å². The number of hydrogen-bond acceptors (Lipinski definition) is 4. The van der Waals surface area contributed by atoms with Gasteiger partial charge in [-0.2, -0.15) is 5.10 Å². The van der Waals surface area contributed by atoms with Crippen molar-refractivity contribution in [3.8, 4) is 28.1 Å².